The van der Waals surface area contributed by atoms with E-state index >= 15 is 0 Å². The first-order valence-electron chi connectivity index (χ1n) is 6.43. The number of nitrogens with one attached hydrogen (secondary N) is 1. The second kappa shape index (κ2) is 4.69. The summed E-state index contributed by atoms with van der Waals surface area (Å²) in [5.41, 5.74) is 1.02. The Hall–Kier alpha value is -1.03. The number of hydrogen-bond donors (Lipinski definition) is 1. The van der Waals surface area contributed by atoms with E-state index < -0.39 is 0 Å². The van der Waals surface area contributed by atoms with Gasteiger partial charge in [-0.2, -0.15) is 0 Å². The third-order valence-electron chi connectivity index (χ3n) is 3.12. The lowest BCUT2D eigenvalue weighted by Gasteiger charge is -2.25. The highest BCUT2D eigenvalue weighted by Gasteiger charge is 2.31. The molecule has 1 aliphatic heterocycles. The highest BCUT2D eigenvalue weighted by molar-refractivity contribution is 5.30. The Morgan fingerprint density at radius 3 is 2.94 bits per heavy atom. The van der Waals surface area contributed by atoms with Gasteiger partial charge in [-0.15, -0.1) is 0 Å². The van der Waals surface area contributed by atoms with Gasteiger partial charge in [-0.3, -0.25) is 0 Å². The summed E-state index contributed by atoms with van der Waals surface area (Å²) in [6, 6.07) is 0.396. The lowest BCUT2D eigenvalue weighted by atomic mass is 10.0. The molecular weight excluding hydrogens is 214 g/mol. The lowest BCUT2D eigenvalue weighted by Crippen LogP contribution is -2.30. The molecular formula is C13H23N3O. The van der Waals surface area contributed by atoms with E-state index in [1.54, 1.807) is 0 Å². The number of aromatic nitrogens is 2. The second-order valence-corrected chi connectivity index (χ2v) is 5.53. The van der Waals surface area contributed by atoms with Crippen LogP contribution < -0.4 is 5.32 Å². The number of hydrogen-bond acceptors (Lipinski definition) is 3. The SMILES string of the molecule is Cc1cn(CC2(C)CCCO2)c(NC(C)C)n1. The van der Waals surface area contributed by atoms with Crippen molar-refractivity contribution in [2.45, 2.75) is 58.7 Å². The van der Waals surface area contributed by atoms with Crippen molar-refractivity contribution in [2.75, 3.05) is 11.9 Å². The molecule has 2 rings (SSSR count). The zero-order valence-corrected chi connectivity index (χ0v) is 11.3. The number of imidazole rings is 1. The van der Waals surface area contributed by atoms with Gasteiger partial charge >= 0.3 is 0 Å². The van der Waals surface area contributed by atoms with Crippen LogP contribution in [0.2, 0.25) is 0 Å². The van der Waals surface area contributed by atoms with Gasteiger partial charge in [0.15, 0.2) is 0 Å². The number of nitrogens with zero attached hydrogens (tertiary/aromatic N) is 2. The molecule has 17 heavy (non-hydrogen) atoms. The molecule has 1 fully saturated rings. The largest absolute Gasteiger partial charge is 0.373 e. The van der Waals surface area contributed by atoms with E-state index in [4.69, 9.17) is 4.74 Å². The van der Waals surface area contributed by atoms with Gasteiger partial charge in [0.25, 0.3) is 0 Å². The number of anilines is 1. The molecule has 4 heteroatoms. The van der Waals surface area contributed by atoms with Crippen LogP contribution in [-0.4, -0.2) is 27.8 Å². The molecule has 4 nitrogen and oxygen atoms in total. The zero-order chi connectivity index (χ0) is 12.5. The standard InChI is InChI=1S/C13H23N3O/c1-10(2)14-12-15-11(3)8-16(12)9-13(4)6-5-7-17-13/h8,10H,5-7,9H2,1-4H3,(H,14,15). The molecule has 1 aromatic heterocycles. The van der Waals surface area contributed by atoms with Crippen molar-refractivity contribution in [1.29, 1.82) is 0 Å². The molecule has 0 bridgehead atoms. The van der Waals surface area contributed by atoms with Gasteiger partial charge < -0.3 is 14.6 Å². The molecule has 1 aliphatic rings. The summed E-state index contributed by atoms with van der Waals surface area (Å²) in [5, 5.41) is 3.38. The minimum Gasteiger partial charge on any atom is -0.373 e. The Morgan fingerprint density at radius 1 is 1.59 bits per heavy atom. The Balaban J connectivity index is 2.14. The van der Waals surface area contributed by atoms with Crippen LogP contribution in [0.5, 0.6) is 0 Å². The molecule has 96 valence electrons. The number of rotatable bonds is 4. The van der Waals surface area contributed by atoms with Gasteiger partial charge in [0.2, 0.25) is 5.95 Å². The van der Waals surface area contributed by atoms with Crippen molar-refractivity contribution in [3.05, 3.63) is 11.9 Å². The normalized spacial score (nSPS) is 24.5. The van der Waals surface area contributed by atoms with Crippen LogP contribution in [0.15, 0.2) is 6.20 Å². The lowest BCUT2D eigenvalue weighted by molar-refractivity contribution is 0.00661. The van der Waals surface area contributed by atoms with Crippen LogP contribution in [0.3, 0.4) is 0 Å². The van der Waals surface area contributed by atoms with Crippen molar-refractivity contribution < 1.29 is 4.74 Å². The Labute approximate surface area is 103 Å². The van der Waals surface area contributed by atoms with Gasteiger partial charge in [0.1, 0.15) is 0 Å². The summed E-state index contributed by atoms with van der Waals surface area (Å²) in [4.78, 5) is 4.52. The fraction of sp³-hybridized carbons (Fsp3) is 0.769. The first kappa shape index (κ1) is 12.4. The monoisotopic (exact) mass is 237 g/mol. The van der Waals surface area contributed by atoms with E-state index in [9.17, 15) is 0 Å². The average Bonchev–Trinajstić information content (AvgIpc) is 2.74. The van der Waals surface area contributed by atoms with Crippen LogP contribution in [0.25, 0.3) is 0 Å². The van der Waals surface area contributed by atoms with Crippen molar-refractivity contribution >= 4 is 5.95 Å². The van der Waals surface area contributed by atoms with Gasteiger partial charge in [-0.05, 0) is 40.5 Å². The first-order chi connectivity index (χ1) is 7.98. The van der Waals surface area contributed by atoms with Crippen molar-refractivity contribution in [3.63, 3.8) is 0 Å². The quantitative estimate of drug-likeness (QED) is 0.874. The molecule has 0 amide bonds. The molecule has 2 heterocycles. The van der Waals surface area contributed by atoms with Crippen molar-refractivity contribution in [3.8, 4) is 0 Å². The summed E-state index contributed by atoms with van der Waals surface area (Å²) >= 11 is 0. The molecule has 1 unspecified atom stereocenters. The minimum atomic E-state index is -0.0272. The van der Waals surface area contributed by atoms with E-state index in [0.29, 0.717) is 6.04 Å². The molecule has 1 atom stereocenters. The highest BCUT2D eigenvalue weighted by atomic mass is 16.5. The third kappa shape index (κ3) is 3.00. The molecule has 0 aromatic carbocycles. The van der Waals surface area contributed by atoms with Gasteiger partial charge in [-0.25, -0.2) is 4.98 Å². The first-order valence-corrected chi connectivity index (χ1v) is 6.43. The highest BCUT2D eigenvalue weighted by Crippen LogP contribution is 2.28. The summed E-state index contributed by atoms with van der Waals surface area (Å²) in [7, 11) is 0. The van der Waals surface area contributed by atoms with Gasteiger partial charge in [0, 0.05) is 18.8 Å². The van der Waals surface area contributed by atoms with E-state index in [-0.39, 0.29) is 5.60 Å². The Morgan fingerprint density at radius 2 is 2.35 bits per heavy atom. The summed E-state index contributed by atoms with van der Waals surface area (Å²) in [6.45, 7) is 10.2. The van der Waals surface area contributed by atoms with Crippen molar-refractivity contribution in [2.24, 2.45) is 0 Å². The fourth-order valence-corrected chi connectivity index (χ4v) is 2.36. The summed E-state index contributed by atoms with van der Waals surface area (Å²) in [6.07, 6.45) is 4.39. The number of aryl methyl sites for hydroxylation is 1. The second-order valence-electron chi connectivity index (χ2n) is 5.53. The Bertz CT molecular complexity index is 378. The predicted molar refractivity (Wildman–Crippen MR) is 69.3 cm³/mol. The molecule has 0 aliphatic carbocycles. The molecule has 1 aromatic rings. The van der Waals surface area contributed by atoms with E-state index in [0.717, 1.165) is 37.6 Å². The van der Waals surface area contributed by atoms with E-state index in [2.05, 4.69) is 41.8 Å². The maximum Gasteiger partial charge on any atom is 0.203 e. The summed E-state index contributed by atoms with van der Waals surface area (Å²) < 4.78 is 8.02. The van der Waals surface area contributed by atoms with Gasteiger partial charge in [-0.1, -0.05) is 0 Å². The molecule has 1 N–H and O–H groups in total. The third-order valence-corrected chi connectivity index (χ3v) is 3.12. The smallest absolute Gasteiger partial charge is 0.203 e. The van der Waals surface area contributed by atoms with Crippen LogP contribution in [-0.2, 0) is 11.3 Å². The summed E-state index contributed by atoms with van der Waals surface area (Å²) in [5.74, 6) is 0.953. The molecule has 1 saturated heterocycles. The predicted octanol–water partition coefficient (Wildman–Crippen LogP) is 2.58. The van der Waals surface area contributed by atoms with Crippen LogP contribution in [0, 0.1) is 6.92 Å². The van der Waals surface area contributed by atoms with E-state index in [1.807, 2.05) is 6.92 Å². The van der Waals surface area contributed by atoms with Crippen LogP contribution in [0.4, 0.5) is 5.95 Å². The fourth-order valence-electron chi connectivity index (χ4n) is 2.36. The minimum absolute atomic E-state index is 0.0272. The van der Waals surface area contributed by atoms with E-state index in [1.165, 1.54) is 0 Å². The topological polar surface area (TPSA) is 39.1 Å². The maximum atomic E-state index is 5.84. The average molecular weight is 237 g/mol. The molecule has 0 radical (unpaired) electrons. The van der Waals surface area contributed by atoms with Gasteiger partial charge in [0.05, 0.1) is 17.8 Å². The van der Waals surface area contributed by atoms with Crippen LogP contribution in [0.1, 0.15) is 39.3 Å². The Kier molecular flexibility index (Phi) is 3.43. The maximum absolute atomic E-state index is 5.84. The zero-order valence-electron chi connectivity index (χ0n) is 11.3. The number of ether oxygens (including phenoxy) is 1. The van der Waals surface area contributed by atoms with Crippen molar-refractivity contribution in [1.82, 2.24) is 9.55 Å². The van der Waals surface area contributed by atoms with Crippen LogP contribution >= 0.6 is 0 Å². The molecule has 0 saturated carbocycles. The molecule has 0 spiro atoms.